The van der Waals surface area contributed by atoms with Crippen molar-refractivity contribution >= 4 is 35.6 Å². The molecular weight excluding hydrogens is 512 g/mol. The number of guanidine groups is 1. The predicted octanol–water partition coefficient (Wildman–Crippen LogP) is 0.190. The first-order valence-corrected chi connectivity index (χ1v) is 11.1. The van der Waals surface area contributed by atoms with Gasteiger partial charge < -0.3 is 36.8 Å². The lowest BCUT2D eigenvalue weighted by Crippen LogP contribution is -2.56. The summed E-state index contributed by atoms with van der Waals surface area (Å²) < 4.78 is 44.7. The third kappa shape index (κ3) is 12.2. The molecule has 3 atom stereocenters. The zero-order chi connectivity index (χ0) is 28.9. The summed E-state index contributed by atoms with van der Waals surface area (Å²) in [4.78, 5) is 58.7. The van der Waals surface area contributed by atoms with Crippen LogP contribution in [0.4, 0.5) is 22.4 Å². The number of carboxylic acids is 1. The molecule has 0 aromatic heterocycles. The van der Waals surface area contributed by atoms with E-state index >= 15 is 0 Å². The monoisotopic (exact) mass is 544 g/mol. The van der Waals surface area contributed by atoms with Gasteiger partial charge in [0.1, 0.15) is 18.8 Å². The molecule has 1 fully saturated rings. The third-order valence-corrected chi connectivity index (χ3v) is 5.11. The number of Topliss-reactive ketones (excluding diaryl/α,β-unsaturated/α-hetero) is 1. The van der Waals surface area contributed by atoms with Gasteiger partial charge in [0.15, 0.2) is 11.7 Å². The number of alkyl halides is 4. The number of aliphatic carboxylic acids is 1. The van der Waals surface area contributed by atoms with Crippen molar-refractivity contribution in [3.63, 3.8) is 0 Å². The summed E-state index contributed by atoms with van der Waals surface area (Å²) in [7, 11) is 0. The largest absolute Gasteiger partial charge is 0.490 e. The maximum atomic E-state index is 12.9. The fourth-order valence-corrected chi connectivity index (χ4v) is 3.33. The molecule has 13 nitrogen and oxygen atoms in total. The van der Waals surface area contributed by atoms with E-state index in [1.54, 1.807) is 13.8 Å². The normalized spacial score (nSPS) is 16.6. The molecule has 1 rings (SSSR count). The molecule has 1 heterocycles. The van der Waals surface area contributed by atoms with Crippen LogP contribution in [-0.2, 0) is 19.2 Å². The van der Waals surface area contributed by atoms with Crippen LogP contribution in [0, 0.1) is 11.3 Å². The third-order valence-electron chi connectivity index (χ3n) is 5.11. The van der Waals surface area contributed by atoms with Gasteiger partial charge in [0, 0.05) is 13.1 Å². The highest BCUT2D eigenvalue weighted by Gasteiger charge is 2.40. The van der Waals surface area contributed by atoms with Crippen LogP contribution < -0.4 is 21.7 Å². The topological polar surface area (TPSA) is 215 Å². The molecule has 1 aliphatic rings. The molecule has 1 aliphatic heterocycles. The first-order valence-electron chi connectivity index (χ1n) is 11.1. The first-order chi connectivity index (χ1) is 17.0. The number of nitrogens with one attached hydrogen (secondary N) is 4. The number of hydrogen-bond donors (Lipinski definition) is 7. The van der Waals surface area contributed by atoms with Gasteiger partial charge in [0.25, 0.3) is 0 Å². The van der Waals surface area contributed by atoms with Crippen LogP contribution in [0.25, 0.3) is 0 Å². The van der Waals surface area contributed by atoms with E-state index in [4.69, 9.17) is 26.2 Å². The number of carbonyl (C=O) groups excluding carboxylic acids is 3. The van der Waals surface area contributed by atoms with E-state index in [1.165, 1.54) is 4.90 Å². The number of amides is 3. The minimum Gasteiger partial charge on any atom is -0.475 e. The Labute approximate surface area is 209 Å². The molecule has 8 N–H and O–H groups in total. The van der Waals surface area contributed by atoms with E-state index in [0.29, 0.717) is 19.3 Å². The number of ketones is 1. The Bertz CT molecular complexity index is 840. The smallest absolute Gasteiger partial charge is 0.475 e. The van der Waals surface area contributed by atoms with Gasteiger partial charge in [-0.15, -0.1) is 0 Å². The Morgan fingerprint density at radius 2 is 1.70 bits per heavy atom. The van der Waals surface area contributed by atoms with E-state index in [2.05, 4.69) is 16.0 Å². The van der Waals surface area contributed by atoms with Gasteiger partial charge >= 0.3 is 18.2 Å². The first kappa shape index (κ1) is 33.3. The maximum absolute atomic E-state index is 12.9. The highest BCUT2D eigenvalue weighted by molar-refractivity contribution is 5.95. The number of nitrogens with zero attached hydrogens (tertiary/aromatic N) is 1. The molecule has 37 heavy (non-hydrogen) atoms. The zero-order valence-electron chi connectivity index (χ0n) is 20.2. The molecule has 0 aromatic rings. The van der Waals surface area contributed by atoms with Crippen molar-refractivity contribution in [3.05, 3.63) is 0 Å². The Kier molecular flexibility index (Phi) is 13.9. The van der Waals surface area contributed by atoms with E-state index in [-0.39, 0.29) is 31.4 Å². The number of carboxylic acid groups (broad SMARTS) is 2. The van der Waals surface area contributed by atoms with E-state index < -0.39 is 60.6 Å². The maximum Gasteiger partial charge on any atom is 0.490 e. The van der Waals surface area contributed by atoms with Gasteiger partial charge in [-0.05, 0) is 31.6 Å². The number of nitrogens with two attached hydrogens (primary N) is 1. The summed E-state index contributed by atoms with van der Waals surface area (Å²) >= 11 is 0. The number of rotatable bonds is 11. The van der Waals surface area contributed by atoms with Crippen LogP contribution in [0.5, 0.6) is 0 Å². The zero-order valence-corrected chi connectivity index (χ0v) is 20.2. The van der Waals surface area contributed by atoms with Crippen molar-refractivity contribution in [1.82, 2.24) is 20.9 Å². The van der Waals surface area contributed by atoms with Gasteiger partial charge in [0.05, 0.1) is 6.04 Å². The Balaban J connectivity index is 0.00000161. The Hall–Kier alpha value is -3.66. The van der Waals surface area contributed by atoms with Crippen molar-refractivity contribution < 1.29 is 51.7 Å². The van der Waals surface area contributed by atoms with E-state index in [0.717, 1.165) is 0 Å². The average Bonchev–Trinajstić information content (AvgIpc) is 3.27. The Morgan fingerprint density at radius 1 is 1.14 bits per heavy atom. The van der Waals surface area contributed by atoms with Gasteiger partial charge in [-0.3, -0.25) is 19.8 Å². The molecule has 0 unspecified atom stereocenters. The van der Waals surface area contributed by atoms with Crippen molar-refractivity contribution in [2.24, 2.45) is 11.7 Å². The highest BCUT2D eigenvalue weighted by atomic mass is 19.4. The summed E-state index contributed by atoms with van der Waals surface area (Å²) in [5, 5.41) is 30.5. The Morgan fingerprint density at radius 3 is 2.14 bits per heavy atom. The molecule has 3 amide bonds. The lowest BCUT2D eigenvalue weighted by atomic mass is 10.0. The van der Waals surface area contributed by atoms with E-state index in [1.807, 2.05) is 0 Å². The summed E-state index contributed by atoms with van der Waals surface area (Å²) in [5.41, 5.74) is 5.17. The predicted molar refractivity (Wildman–Crippen MR) is 120 cm³/mol. The second kappa shape index (κ2) is 15.5. The molecular formula is C20H32F4N6O7. The van der Waals surface area contributed by atoms with Crippen LogP contribution in [-0.4, -0.2) is 94.8 Å². The molecule has 0 saturated carbocycles. The SMILES string of the molecule is CC(C)[C@H](NC(=O)O)C(=O)N1CCC[C@H]1C(=O)N[C@@H](CCCNC(=N)N)C(=O)CF.O=C(O)C(F)(F)F. The van der Waals surface area contributed by atoms with Crippen LogP contribution in [0.15, 0.2) is 0 Å². The van der Waals surface area contributed by atoms with Gasteiger partial charge in [0.2, 0.25) is 11.8 Å². The molecule has 0 radical (unpaired) electrons. The van der Waals surface area contributed by atoms with Gasteiger partial charge in [-0.1, -0.05) is 13.8 Å². The molecule has 0 aliphatic carbocycles. The van der Waals surface area contributed by atoms with E-state index in [9.17, 15) is 36.7 Å². The molecule has 17 heteroatoms. The highest BCUT2D eigenvalue weighted by Crippen LogP contribution is 2.21. The number of carbonyl (C=O) groups is 5. The minimum atomic E-state index is -5.08. The summed E-state index contributed by atoms with van der Waals surface area (Å²) in [6.07, 6.45) is -5.01. The fraction of sp³-hybridized carbons (Fsp3) is 0.700. The average molecular weight is 545 g/mol. The van der Waals surface area contributed by atoms with Crippen LogP contribution in [0.1, 0.15) is 39.5 Å². The van der Waals surface area contributed by atoms with Gasteiger partial charge in [-0.25, -0.2) is 14.0 Å². The van der Waals surface area contributed by atoms with Crippen LogP contribution >= 0.6 is 0 Å². The van der Waals surface area contributed by atoms with Crippen LogP contribution in [0.3, 0.4) is 0 Å². The summed E-state index contributed by atoms with van der Waals surface area (Å²) in [6, 6.07) is -2.93. The molecule has 212 valence electrons. The molecule has 0 bridgehead atoms. The number of likely N-dealkylation sites (tertiary alicyclic amines) is 1. The number of halogens is 4. The van der Waals surface area contributed by atoms with Crippen molar-refractivity contribution in [1.29, 1.82) is 5.41 Å². The minimum absolute atomic E-state index is 0.143. The molecule has 1 saturated heterocycles. The van der Waals surface area contributed by atoms with Gasteiger partial charge in [-0.2, -0.15) is 13.2 Å². The second-order valence-electron chi connectivity index (χ2n) is 8.31. The standard InChI is InChI=1S/C18H31FN6O5.C2HF3O2/c1-10(2)14(24-18(29)30)16(28)25-8-4-6-12(25)15(27)23-11(13(26)9-19)5-3-7-22-17(20)21;3-2(4,5)1(6)7/h10-12,14,24H,3-9H2,1-2H3,(H,23,27)(H,29,30)(H4,20,21,22);(H,6,7)/t11-,12-,14-;/m0./s1. The lowest BCUT2D eigenvalue weighted by Gasteiger charge is -2.30. The van der Waals surface area contributed by atoms with Crippen molar-refractivity contribution in [2.75, 3.05) is 19.8 Å². The van der Waals surface area contributed by atoms with Crippen molar-refractivity contribution in [3.8, 4) is 0 Å². The van der Waals surface area contributed by atoms with Crippen molar-refractivity contribution in [2.45, 2.75) is 63.8 Å². The number of hydrogen-bond acceptors (Lipinski definition) is 6. The second-order valence-corrected chi connectivity index (χ2v) is 8.31. The quantitative estimate of drug-likeness (QED) is 0.0817. The summed E-state index contributed by atoms with van der Waals surface area (Å²) in [6.45, 7) is 2.71. The summed E-state index contributed by atoms with van der Waals surface area (Å²) in [5.74, 6) is -5.19. The van der Waals surface area contributed by atoms with Crippen LogP contribution in [0.2, 0.25) is 0 Å². The molecule has 0 spiro atoms. The fourth-order valence-electron chi connectivity index (χ4n) is 3.33. The molecule has 0 aromatic carbocycles. The lowest BCUT2D eigenvalue weighted by molar-refractivity contribution is -0.192.